The minimum absolute atomic E-state index is 0.0216. The minimum atomic E-state index is 0.0216. The van der Waals surface area contributed by atoms with E-state index in [1.54, 1.807) is 7.11 Å². The van der Waals surface area contributed by atoms with Gasteiger partial charge in [-0.15, -0.1) is 0 Å². The third-order valence-corrected chi connectivity index (χ3v) is 6.60. The minimum Gasteiger partial charge on any atom is -0.381 e. The fraction of sp³-hybridized carbons (Fsp3) is 0.789. The Hall–Kier alpha value is -1.40. The summed E-state index contributed by atoms with van der Waals surface area (Å²) in [5.74, 6) is 0.0216. The molecule has 3 unspecified atom stereocenters. The van der Waals surface area contributed by atoms with Crippen LogP contribution < -0.4 is 5.32 Å². The van der Waals surface area contributed by atoms with Gasteiger partial charge in [-0.05, 0) is 44.7 Å². The van der Waals surface area contributed by atoms with Crippen LogP contribution in [-0.4, -0.2) is 60.0 Å². The third kappa shape index (κ3) is 3.10. The lowest BCUT2D eigenvalue weighted by Crippen LogP contribution is -2.64. The van der Waals surface area contributed by atoms with Crippen molar-refractivity contribution < 1.29 is 9.53 Å². The molecule has 1 N–H and O–H groups in total. The molecule has 25 heavy (non-hydrogen) atoms. The summed E-state index contributed by atoms with van der Waals surface area (Å²) < 4.78 is 7.63. The quantitative estimate of drug-likeness (QED) is 0.858. The van der Waals surface area contributed by atoms with Crippen molar-refractivity contribution in [3.05, 3.63) is 18.0 Å². The topological polar surface area (TPSA) is 59.4 Å². The Bertz CT molecular complexity index is 590. The zero-order valence-corrected chi connectivity index (χ0v) is 16.0. The largest absolute Gasteiger partial charge is 0.381 e. The van der Waals surface area contributed by atoms with Gasteiger partial charge in [0.15, 0.2) is 0 Å². The van der Waals surface area contributed by atoms with Crippen LogP contribution in [-0.2, 0) is 4.74 Å². The van der Waals surface area contributed by atoms with E-state index in [1.165, 1.54) is 0 Å². The Morgan fingerprint density at radius 3 is 2.84 bits per heavy atom. The van der Waals surface area contributed by atoms with Gasteiger partial charge in [-0.1, -0.05) is 13.8 Å². The molecular weight excluding hydrogens is 316 g/mol. The highest BCUT2D eigenvalue weighted by Crippen LogP contribution is 2.51. The van der Waals surface area contributed by atoms with Gasteiger partial charge in [-0.3, -0.25) is 9.48 Å². The van der Waals surface area contributed by atoms with Gasteiger partial charge in [0.05, 0.1) is 12.1 Å². The lowest BCUT2D eigenvalue weighted by Gasteiger charge is -2.57. The molecular formula is C19H32N4O2. The second-order valence-electron chi connectivity index (χ2n) is 7.51. The number of carbonyl (C=O) groups is 1. The molecule has 1 amide bonds. The van der Waals surface area contributed by atoms with Crippen molar-refractivity contribution in [1.82, 2.24) is 20.0 Å². The molecule has 3 rings (SSSR count). The van der Waals surface area contributed by atoms with Crippen LogP contribution in [0.2, 0.25) is 0 Å². The maximum absolute atomic E-state index is 13.0. The van der Waals surface area contributed by atoms with Gasteiger partial charge in [-0.25, -0.2) is 0 Å². The monoisotopic (exact) mass is 348 g/mol. The first-order valence-corrected chi connectivity index (χ1v) is 9.63. The number of methoxy groups -OCH3 is 1. The molecule has 2 aliphatic rings. The van der Waals surface area contributed by atoms with Crippen LogP contribution in [0.15, 0.2) is 12.3 Å². The molecule has 1 aromatic rings. The number of amides is 1. The molecule has 0 radical (unpaired) electrons. The van der Waals surface area contributed by atoms with E-state index in [4.69, 9.17) is 4.74 Å². The highest BCUT2D eigenvalue weighted by atomic mass is 16.5. The Morgan fingerprint density at radius 2 is 2.24 bits per heavy atom. The van der Waals surface area contributed by atoms with Crippen molar-refractivity contribution in [2.45, 2.75) is 64.1 Å². The molecule has 3 atom stereocenters. The molecule has 2 heterocycles. The number of rotatable bonds is 6. The third-order valence-electron chi connectivity index (χ3n) is 6.60. The number of nitrogens with one attached hydrogen (secondary N) is 1. The van der Waals surface area contributed by atoms with Crippen LogP contribution in [0.3, 0.4) is 0 Å². The van der Waals surface area contributed by atoms with Gasteiger partial charge in [0, 0.05) is 38.4 Å². The first-order chi connectivity index (χ1) is 12.1. The van der Waals surface area contributed by atoms with Crippen LogP contribution in [0.4, 0.5) is 0 Å². The van der Waals surface area contributed by atoms with E-state index < -0.39 is 0 Å². The second kappa shape index (κ2) is 7.46. The van der Waals surface area contributed by atoms with E-state index in [0.29, 0.717) is 11.7 Å². The van der Waals surface area contributed by atoms with E-state index in [-0.39, 0.29) is 23.5 Å². The average Bonchev–Trinajstić information content (AvgIpc) is 3.12. The fourth-order valence-corrected chi connectivity index (χ4v) is 4.81. The molecule has 1 saturated carbocycles. The summed E-state index contributed by atoms with van der Waals surface area (Å²) in [4.78, 5) is 14.9. The van der Waals surface area contributed by atoms with Crippen molar-refractivity contribution in [1.29, 1.82) is 0 Å². The summed E-state index contributed by atoms with van der Waals surface area (Å²) in [7, 11) is 3.70. The Labute approximate surface area is 150 Å². The average molecular weight is 348 g/mol. The zero-order chi connectivity index (χ0) is 18.0. The van der Waals surface area contributed by atoms with Crippen molar-refractivity contribution in [2.24, 2.45) is 5.41 Å². The maximum Gasteiger partial charge on any atom is 0.274 e. The number of aromatic nitrogens is 2. The predicted octanol–water partition coefficient (Wildman–Crippen LogP) is 2.47. The molecule has 1 saturated heterocycles. The predicted molar refractivity (Wildman–Crippen MR) is 97.7 cm³/mol. The molecule has 6 nitrogen and oxygen atoms in total. The Balaban J connectivity index is 1.71. The SMILES string of the molecule is CCC1(CC)C(OC)CC1N(C)C(=O)c1ccn(C2CCCNC2)n1. The lowest BCUT2D eigenvalue weighted by molar-refractivity contribution is -0.147. The van der Waals surface area contributed by atoms with Crippen LogP contribution in [0.1, 0.15) is 62.5 Å². The molecule has 0 spiro atoms. The van der Waals surface area contributed by atoms with E-state index in [2.05, 4.69) is 24.3 Å². The van der Waals surface area contributed by atoms with E-state index in [0.717, 1.165) is 45.2 Å². The van der Waals surface area contributed by atoms with Crippen molar-refractivity contribution >= 4 is 5.91 Å². The van der Waals surface area contributed by atoms with Crippen molar-refractivity contribution in [3.8, 4) is 0 Å². The van der Waals surface area contributed by atoms with E-state index >= 15 is 0 Å². The zero-order valence-electron chi connectivity index (χ0n) is 16.0. The molecule has 2 fully saturated rings. The summed E-state index contributed by atoms with van der Waals surface area (Å²) in [5.41, 5.74) is 0.615. The molecule has 6 heteroatoms. The fourth-order valence-electron chi connectivity index (χ4n) is 4.81. The highest BCUT2D eigenvalue weighted by molar-refractivity contribution is 5.92. The second-order valence-corrected chi connectivity index (χ2v) is 7.51. The van der Waals surface area contributed by atoms with Crippen LogP contribution in [0.25, 0.3) is 0 Å². The van der Waals surface area contributed by atoms with Crippen LogP contribution in [0.5, 0.6) is 0 Å². The number of carbonyl (C=O) groups excluding carboxylic acids is 1. The number of nitrogens with zero attached hydrogens (tertiary/aromatic N) is 3. The maximum atomic E-state index is 13.0. The highest BCUT2D eigenvalue weighted by Gasteiger charge is 2.55. The standard InChI is InChI=1S/C19H32N4O2/c1-5-19(6-2)16(12-17(19)25-4)22(3)18(24)15-9-11-23(21-15)14-8-7-10-20-13-14/h9,11,14,16-17,20H,5-8,10,12-13H2,1-4H3. The summed E-state index contributed by atoms with van der Waals surface area (Å²) in [5, 5.41) is 7.99. The van der Waals surface area contributed by atoms with Crippen LogP contribution in [0, 0.1) is 5.41 Å². The molecule has 0 aromatic carbocycles. The van der Waals surface area contributed by atoms with Gasteiger partial charge in [0.2, 0.25) is 0 Å². The number of hydrogen-bond acceptors (Lipinski definition) is 4. The summed E-state index contributed by atoms with van der Waals surface area (Å²) in [6.45, 7) is 6.40. The molecule has 1 aromatic heterocycles. The van der Waals surface area contributed by atoms with Crippen molar-refractivity contribution in [3.63, 3.8) is 0 Å². The van der Waals surface area contributed by atoms with Crippen LogP contribution >= 0.6 is 0 Å². The lowest BCUT2D eigenvalue weighted by atomic mass is 9.58. The Morgan fingerprint density at radius 1 is 1.48 bits per heavy atom. The van der Waals surface area contributed by atoms with Gasteiger partial charge in [0.1, 0.15) is 5.69 Å². The first-order valence-electron chi connectivity index (χ1n) is 9.63. The number of ether oxygens (including phenoxy) is 1. The number of piperidine rings is 1. The van der Waals surface area contributed by atoms with E-state index in [9.17, 15) is 4.79 Å². The van der Waals surface area contributed by atoms with Gasteiger partial charge < -0.3 is 15.0 Å². The molecule has 1 aliphatic heterocycles. The number of hydrogen-bond donors (Lipinski definition) is 1. The van der Waals surface area contributed by atoms with E-state index in [1.807, 2.05) is 28.9 Å². The first kappa shape index (κ1) is 18.4. The summed E-state index contributed by atoms with van der Waals surface area (Å²) in [6, 6.07) is 2.44. The Kier molecular flexibility index (Phi) is 5.49. The molecule has 140 valence electrons. The summed E-state index contributed by atoms with van der Waals surface area (Å²) in [6.07, 6.45) is 7.42. The summed E-state index contributed by atoms with van der Waals surface area (Å²) >= 11 is 0. The van der Waals surface area contributed by atoms with Gasteiger partial charge >= 0.3 is 0 Å². The van der Waals surface area contributed by atoms with Crippen molar-refractivity contribution in [2.75, 3.05) is 27.2 Å². The van der Waals surface area contributed by atoms with Gasteiger partial charge in [-0.2, -0.15) is 5.10 Å². The normalized spacial score (nSPS) is 28.4. The molecule has 1 aliphatic carbocycles. The van der Waals surface area contributed by atoms with Gasteiger partial charge in [0.25, 0.3) is 5.91 Å². The smallest absolute Gasteiger partial charge is 0.274 e. The molecule has 0 bridgehead atoms.